The van der Waals surface area contributed by atoms with Crippen LogP contribution in [-0.4, -0.2) is 44.8 Å². The van der Waals surface area contributed by atoms with E-state index in [1.807, 2.05) is 0 Å². The molecule has 0 bridgehead atoms. The summed E-state index contributed by atoms with van der Waals surface area (Å²) in [7, 11) is -5.31. The molecule has 6 N–H and O–H groups in total. The van der Waals surface area contributed by atoms with Crippen LogP contribution in [0.3, 0.4) is 0 Å². The number of hydrogen-bond acceptors (Lipinski definition) is 5. The summed E-state index contributed by atoms with van der Waals surface area (Å²) in [4.78, 5) is 0. The maximum absolute atomic E-state index is 6.45. The molecule has 0 rings (SSSR count). The third-order valence-electron chi connectivity index (χ3n) is 3.18. The van der Waals surface area contributed by atoms with E-state index >= 15 is 0 Å². The van der Waals surface area contributed by atoms with Gasteiger partial charge in [0.25, 0.3) is 0 Å². The summed E-state index contributed by atoms with van der Waals surface area (Å²) in [6, 6.07) is 2.24. The van der Waals surface area contributed by atoms with E-state index in [1.54, 1.807) is 6.08 Å². The molecular formula is C15H41N3O2Si3. The van der Waals surface area contributed by atoms with Crippen molar-refractivity contribution in [3.05, 3.63) is 12.7 Å². The molecule has 0 radical (unpaired) electrons. The van der Waals surface area contributed by atoms with Gasteiger partial charge in [-0.25, -0.2) is 0 Å². The fourth-order valence-corrected chi connectivity index (χ4v) is 16.6. The highest BCUT2D eigenvalue weighted by Gasteiger charge is 2.38. The van der Waals surface area contributed by atoms with Crippen LogP contribution in [0.15, 0.2) is 12.7 Å². The summed E-state index contributed by atoms with van der Waals surface area (Å²) >= 11 is 0. The molecule has 0 aliphatic heterocycles. The van der Waals surface area contributed by atoms with E-state index in [0.29, 0.717) is 6.54 Å². The third-order valence-corrected chi connectivity index (χ3v) is 14.6. The van der Waals surface area contributed by atoms with Gasteiger partial charge >= 0.3 is 8.56 Å². The SMILES string of the molecule is C=CCN.C[Si](C)(CCCN)O[Si](C)(C)O[Si](C)(C)CCCN. The van der Waals surface area contributed by atoms with Crippen LogP contribution in [0.5, 0.6) is 0 Å². The Morgan fingerprint density at radius 1 is 0.783 bits per heavy atom. The van der Waals surface area contributed by atoms with E-state index in [1.165, 1.54) is 0 Å². The van der Waals surface area contributed by atoms with Gasteiger partial charge in [-0.2, -0.15) is 0 Å². The monoisotopic (exact) mass is 379 g/mol. The van der Waals surface area contributed by atoms with Crippen molar-refractivity contribution in [1.82, 2.24) is 0 Å². The first-order valence-electron chi connectivity index (χ1n) is 8.56. The fraction of sp³-hybridized carbons (Fsp3) is 0.867. The molecule has 0 heterocycles. The predicted molar refractivity (Wildman–Crippen MR) is 111 cm³/mol. The molecule has 0 unspecified atom stereocenters. The van der Waals surface area contributed by atoms with Gasteiger partial charge in [-0.15, -0.1) is 6.58 Å². The molecule has 0 fully saturated rings. The van der Waals surface area contributed by atoms with E-state index in [0.717, 1.165) is 38.0 Å². The zero-order valence-corrected chi connectivity index (χ0v) is 19.3. The molecule has 0 saturated heterocycles. The van der Waals surface area contributed by atoms with Crippen molar-refractivity contribution in [2.75, 3.05) is 19.6 Å². The summed E-state index contributed by atoms with van der Waals surface area (Å²) < 4.78 is 12.9. The molecule has 0 spiro atoms. The maximum Gasteiger partial charge on any atom is 0.311 e. The Morgan fingerprint density at radius 2 is 1.09 bits per heavy atom. The number of hydrogen-bond donors (Lipinski definition) is 3. The average Bonchev–Trinajstić information content (AvgIpc) is 2.41. The molecule has 8 heteroatoms. The normalized spacial score (nSPS) is 12.6. The average molecular weight is 380 g/mol. The number of nitrogens with two attached hydrogens (primary N) is 3. The zero-order chi connectivity index (χ0) is 18.6. The second-order valence-electron chi connectivity index (χ2n) is 7.43. The molecule has 0 aromatic rings. The molecule has 0 saturated carbocycles. The van der Waals surface area contributed by atoms with E-state index < -0.39 is 25.2 Å². The van der Waals surface area contributed by atoms with Crippen molar-refractivity contribution in [1.29, 1.82) is 0 Å². The summed E-state index contributed by atoms with van der Waals surface area (Å²) in [5.74, 6) is 0. The minimum atomic E-state index is -2.03. The molecule has 0 aromatic heterocycles. The van der Waals surface area contributed by atoms with Gasteiger partial charge in [0.1, 0.15) is 0 Å². The Hall–Kier alpha value is 0.191. The highest BCUT2D eigenvalue weighted by Crippen LogP contribution is 2.25. The van der Waals surface area contributed by atoms with Crippen LogP contribution in [0.2, 0.25) is 51.4 Å². The number of rotatable bonds is 11. The van der Waals surface area contributed by atoms with Crippen molar-refractivity contribution < 1.29 is 8.23 Å². The lowest BCUT2D eigenvalue weighted by atomic mass is 10.5. The Bertz CT molecular complexity index is 290. The van der Waals surface area contributed by atoms with Crippen molar-refractivity contribution in [3.63, 3.8) is 0 Å². The second kappa shape index (κ2) is 12.5. The second-order valence-corrected chi connectivity index (χ2v) is 19.9. The van der Waals surface area contributed by atoms with Gasteiger partial charge in [0.05, 0.1) is 0 Å². The molecule has 140 valence electrons. The van der Waals surface area contributed by atoms with Crippen LogP contribution in [0.4, 0.5) is 0 Å². The van der Waals surface area contributed by atoms with Crippen LogP contribution < -0.4 is 17.2 Å². The van der Waals surface area contributed by atoms with Gasteiger partial charge in [-0.1, -0.05) is 6.08 Å². The molecule has 0 amide bonds. The van der Waals surface area contributed by atoms with Crippen molar-refractivity contribution in [3.8, 4) is 0 Å². The first-order valence-corrected chi connectivity index (χ1v) is 17.6. The maximum atomic E-state index is 6.45. The molecule has 0 aliphatic rings. The predicted octanol–water partition coefficient (Wildman–Crippen LogP) is 2.96. The molecule has 23 heavy (non-hydrogen) atoms. The van der Waals surface area contributed by atoms with E-state index in [9.17, 15) is 0 Å². The smallest absolute Gasteiger partial charge is 0.311 e. The molecule has 0 aliphatic carbocycles. The quantitative estimate of drug-likeness (QED) is 0.379. The lowest BCUT2D eigenvalue weighted by Crippen LogP contribution is -2.52. The van der Waals surface area contributed by atoms with Gasteiger partial charge in [0.15, 0.2) is 16.6 Å². The summed E-state index contributed by atoms with van der Waals surface area (Å²) in [6.07, 6.45) is 3.76. The largest absolute Gasteiger partial charge is 0.437 e. The highest BCUT2D eigenvalue weighted by atomic mass is 28.5. The lowest BCUT2D eigenvalue weighted by Gasteiger charge is -2.38. The zero-order valence-electron chi connectivity index (χ0n) is 16.3. The van der Waals surface area contributed by atoms with Crippen LogP contribution in [0.25, 0.3) is 0 Å². The van der Waals surface area contributed by atoms with E-state index in [2.05, 4.69) is 45.9 Å². The minimum Gasteiger partial charge on any atom is -0.437 e. The van der Waals surface area contributed by atoms with Gasteiger partial charge in [-0.05, 0) is 77.3 Å². The lowest BCUT2D eigenvalue weighted by molar-refractivity contribution is 0.387. The topological polar surface area (TPSA) is 96.5 Å². The Kier molecular flexibility index (Phi) is 13.9. The standard InChI is InChI=1S/C12H34N2O2Si3.C3H7N/c1-17(2,11-7-9-13)15-19(5,6)16-18(3,4)12-8-10-14;1-2-3-4/h7-14H2,1-6H3;2H,1,3-4H2. The van der Waals surface area contributed by atoms with E-state index in [4.69, 9.17) is 25.4 Å². The van der Waals surface area contributed by atoms with Crippen LogP contribution in [-0.2, 0) is 8.23 Å². The van der Waals surface area contributed by atoms with Crippen LogP contribution in [0.1, 0.15) is 12.8 Å². The summed E-state index contributed by atoms with van der Waals surface area (Å²) in [6.45, 7) is 18.9. The highest BCUT2D eigenvalue weighted by molar-refractivity contribution is 6.87. The van der Waals surface area contributed by atoms with Crippen molar-refractivity contribution in [2.45, 2.75) is 64.2 Å². The summed E-state index contributed by atoms with van der Waals surface area (Å²) in [5.41, 5.74) is 16.1. The molecule has 5 nitrogen and oxygen atoms in total. The molecule has 0 aromatic carbocycles. The van der Waals surface area contributed by atoms with Gasteiger partial charge in [0.2, 0.25) is 0 Å². The Balaban J connectivity index is 0. The third kappa shape index (κ3) is 16.8. The minimum absolute atomic E-state index is 0.583. The fourth-order valence-electron chi connectivity index (χ4n) is 2.51. The van der Waals surface area contributed by atoms with Gasteiger partial charge in [0, 0.05) is 6.54 Å². The first kappa shape index (κ1) is 25.4. The van der Waals surface area contributed by atoms with Crippen molar-refractivity contribution in [2.24, 2.45) is 17.2 Å². The van der Waals surface area contributed by atoms with Crippen LogP contribution >= 0.6 is 0 Å². The first-order chi connectivity index (χ1) is 10.4. The van der Waals surface area contributed by atoms with Gasteiger partial charge in [-0.3, -0.25) is 0 Å². The van der Waals surface area contributed by atoms with Gasteiger partial charge < -0.3 is 25.4 Å². The molecular weight excluding hydrogens is 338 g/mol. The summed E-state index contributed by atoms with van der Waals surface area (Å²) in [5, 5.41) is 0. The van der Waals surface area contributed by atoms with Crippen LogP contribution in [0, 0.1) is 0 Å². The van der Waals surface area contributed by atoms with Crippen molar-refractivity contribution >= 4 is 25.2 Å². The Morgan fingerprint density at radius 3 is 1.30 bits per heavy atom. The Labute approximate surface area is 147 Å². The molecule has 0 atom stereocenters. The van der Waals surface area contributed by atoms with E-state index in [-0.39, 0.29) is 0 Å².